The summed E-state index contributed by atoms with van der Waals surface area (Å²) in [4.78, 5) is 0. The van der Waals surface area contributed by atoms with Crippen LogP contribution in [0.5, 0.6) is 0 Å². The van der Waals surface area contributed by atoms with E-state index >= 15 is 0 Å². The van der Waals surface area contributed by atoms with Crippen molar-refractivity contribution in [2.24, 2.45) is 0 Å². The summed E-state index contributed by atoms with van der Waals surface area (Å²) in [5, 5.41) is 0. The lowest BCUT2D eigenvalue weighted by Gasteiger charge is -2.23. The predicted octanol–water partition coefficient (Wildman–Crippen LogP) is 6.04. The van der Waals surface area contributed by atoms with E-state index in [-0.39, 0.29) is 23.3 Å². The highest BCUT2D eigenvalue weighted by atomic mass is 79.9. The van der Waals surface area contributed by atoms with Crippen molar-refractivity contribution in [2.45, 2.75) is 154 Å². The third kappa shape index (κ3) is 25.5. The van der Waals surface area contributed by atoms with Gasteiger partial charge in [-0.25, -0.2) is 0 Å². The van der Waals surface area contributed by atoms with E-state index in [0.717, 1.165) is 24.1 Å². The molecule has 1 rings (SSSR count). The highest BCUT2D eigenvalue weighted by Crippen LogP contribution is 2.16. The van der Waals surface area contributed by atoms with E-state index in [1.807, 2.05) is 0 Å². The van der Waals surface area contributed by atoms with Crippen molar-refractivity contribution in [1.82, 2.24) is 0 Å². The van der Waals surface area contributed by atoms with Gasteiger partial charge in [0, 0.05) is 13.2 Å². The van der Waals surface area contributed by atoms with Crippen molar-refractivity contribution >= 4 is 0 Å². The summed E-state index contributed by atoms with van der Waals surface area (Å²) in [6, 6.07) is 0. The van der Waals surface area contributed by atoms with E-state index in [9.17, 15) is 0 Å². The molecule has 1 saturated heterocycles. The van der Waals surface area contributed by atoms with E-state index in [1.54, 1.807) is 0 Å². The summed E-state index contributed by atoms with van der Waals surface area (Å²) in [5.41, 5.74) is 0. The first-order valence-electron chi connectivity index (χ1n) is 15.1. The molecule has 0 spiro atoms. The van der Waals surface area contributed by atoms with Gasteiger partial charge in [-0.1, -0.05) is 109 Å². The van der Waals surface area contributed by atoms with Crippen LogP contribution in [0.3, 0.4) is 0 Å². The summed E-state index contributed by atoms with van der Waals surface area (Å²) in [6.45, 7) is 3.11. The molecule has 3 nitrogen and oxygen atoms in total. The molecule has 4 heteroatoms. The Kier molecular flexibility index (Phi) is 25.3. The van der Waals surface area contributed by atoms with E-state index in [0.29, 0.717) is 0 Å². The maximum absolute atomic E-state index is 5.81. The molecule has 0 aromatic carbocycles. The van der Waals surface area contributed by atoms with E-state index in [2.05, 4.69) is 21.1 Å². The zero-order chi connectivity index (χ0) is 23.9. The van der Waals surface area contributed by atoms with Gasteiger partial charge in [0.25, 0.3) is 0 Å². The third-order valence-electron chi connectivity index (χ3n) is 7.16. The van der Waals surface area contributed by atoms with E-state index in [1.165, 1.54) is 148 Å². The van der Waals surface area contributed by atoms with Crippen LogP contribution in [-0.4, -0.2) is 51.7 Å². The number of hydrogen-bond donors (Lipinski definition) is 0. The number of unbranched alkanes of at least 4 members (excludes halogenated alkanes) is 19. The number of quaternary nitrogens is 1. The minimum Gasteiger partial charge on any atom is -1.00 e. The Morgan fingerprint density at radius 3 is 1.29 bits per heavy atom. The molecular formula is C30H62BrNO2. The van der Waals surface area contributed by atoms with Crippen molar-refractivity contribution in [1.29, 1.82) is 0 Å². The van der Waals surface area contributed by atoms with Gasteiger partial charge in [0.15, 0.2) is 6.29 Å². The molecule has 1 atom stereocenters. The van der Waals surface area contributed by atoms with Crippen LogP contribution in [0.2, 0.25) is 0 Å². The second kappa shape index (κ2) is 25.0. The maximum atomic E-state index is 5.81. The van der Waals surface area contributed by atoms with Gasteiger partial charge in [-0.15, -0.1) is 0 Å². The lowest BCUT2D eigenvalue weighted by atomic mass is 10.0. The number of rotatable bonds is 24. The lowest BCUT2D eigenvalue weighted by Crippen LogP contribution is -3.00. The lowest BCUT2D eigenvalue weighted by molar-refractivity contribution is -0.870. The average molecular weight is 549 g/mol. The van der Waals surface area contributed by atoms with Crippen molar-refractivity contribution in [3.05, 3.63) is 0 Å². The maximum Gasteiger partial charge on any atom is 0.157 e. The largest absolute Gasteiger partial charge is 1.00 e. The van der Waals surface area contributed by atoms with Gasteiger partial charge in [-0.05, 0) is 38.5 Å². The molecule has 0 aromatic heterocycles. The Morgan fingerprint density at radius 1 is 0.559 bits per heavy atom. The van der Waals surface area contributed by atoms with Crippen molar-refractivity contribution < 1.29 is 30.9 Å². The molecule has 0 saturated carbocycles. The van der Waals surface area contributed by atoms with Gasteiger partial charge >= 0.3 is 0 Å². The van der Waals surface area contributed by atoms with Crippen LogP contribution in [0.4, 0.5) is 0 Å². The SMILES string of the molecule is C[N+](C)(C)CCCCCCCCCCCCCCCCCCCCCCOC1CCCCO1.[Br-]. The minimum absolute atomic E-state index is 0. The molecule has 0 bridgehead atoms. The van der Waals surface area contributed by atoms with Crippen LogP contribution < -0.4 is 17.0 Å². The summed E-state index contributed by atoms with van der Waals surface area (Å²) >= 11 is 0. The fraction of sp³-hybridized carbons (Fsp3) is 1.00. The standard InChI is InChI=1S/C30H62NO2.BrH/c1-31(2,3)27-23-20-18-16-14-12-10-8-6-4-5-7-9-11-13-15-17-19-21-24-28-32-30-26-22-25-29-33-30;/h30H,4-29H2,1-3H3;1H/q+1;/p-1. The van der Waals surface area contributed by atoms with Gasteiger partial charge in [0.1, 0.15) is 0 Å². The number of halogens is 1. The average Bonchev–Trinajstić information content (AvgIpc) is 2.79. The molecule has 1 unspecified atom stereocenters. The Hall–Kier alpha value is 0.360. The quantitative estimate of drug-likeness (QED) is 0.108. The first-order valence-corrected chi connectivity index (χ1v) is 15.1. The van der Waals surface area contributed by atoms with Crippen molar-refractivity contribution in [3.8, 4) is 0 Å². The third-order valence-corrected chi connectivity index (χ3v) is 7.16. The highest BCUT2D eigenvalue weighted by Gasteiger charge is 2.13. The molecule has 1 heterocycles. The smallest absolute Gasteiger partial charge is 0.157 e. The second-order valence-electron chi connectivity index (χ2n) is 11.8. The van der Waals surface area contributed by atoms with Crippen LogP contribution >= 0.6 is 0 Å². The molecule has 1 fully saturated rings. The Labute approximate surface area is 225 Å². The van der Waals surface area contributed by atoms with Gasteiger partial charge in [0.05, 0.1) is 27.7 Å². The summed E-state index contributed by atoms with van der Waals surface area (Å²) in [5.74, 6) is 0. The molecule has 206 valence electrons. The van der Waals surface area contributed by atoms with Gasteiger partial charge in [-0.3, -0.25) is 0 Å². The van der Waals surface area contributed by atoms with Gasteiger partial charge in [-0.2, -0.15) is 0 Å². The second-order valence-corrected chi connectivity index (χ2v) is 11.8. The number of hydrogen-bond acceptors (Lipinski definition) is 2. The monoisotopic (exact) mass is 547 g/mol. The van der Waals surface area contributed by atoms with Crippen molar-refractivity contribution in [2.75, 3.05) is 40.9 Å². The highest BCUT2D eigenvalue weighted by molar-refractivity contribution is 4.55. The van der Waals surface area contributed by atoms with E-state index < -0.39 is 0 Å². The molecule has 1 aliphatic heterocycles. The van der Waals surface area contributed by atoms with Crippen LogP contribution in [0.1, 0.15) is 148 Å². The zero-order valence-electron chi connectivity index (χ0n) is 23.6. The zero-order valence-corrected chi connectivity index (χ0v) is 25.2. The van der Waals surface area contributed by atoms with Crippen LogP contribution in [-0.2, 0) is 9.47 Å². The number of nitrogens with zero attached hydrogens (tertiary/aromatic N) is 1. The van der Waals surface area contributed by atoms with Gasteiger partial charge in [0.2, 0.25) is 0 Å². The fourth-order valence-corrected chi connectivity index (χ4v) is 4.93. The molecule has 0 aliphatic carbocycles. The fourth-order valence-electron chi connectivity index (χ4n) is 4.93. The molecule has 0 radical (unpaired) electrons. The Bertz CT molecular complexity index is 394. The van der Waals surface area contributed by atoms with Gasteiger partial charge < -0.3 is 30.9 Å². The normalized spacial score (nSPS) is 16.5. The molecule has 0 amide bonds. The molecule has 1 aliphatic rings. The predicted molar refractivity (Wildman–Crippen MR) is 145 cm³/mol. The Morgan fingerprint density at radius 2 is 0.941 bits per heavy atom. The minimum atomic E-state index is 0. The topological polar surface area (TPSA) is 18.5 Å². The summed E-state index contributed by atoms with van der Waals surface area (Å²) in [7, 11) is 6.90. The molecular weight excluding hydrogens is 486 g/mol. The summed E-state index contributed by atoms with van der Waals surface area (Å²) < 4.78 is 12.5. The van der Waals surface area contributed by atoms with E-state index in [4.69, 9.17) is 9.47 Å². The molecule has 0 N–H and O–H groups in total. The molecule has 0 aromatic rings. The number of ether oxygens (including phenoxy) is 2. The summed E-state index contributed by atoms with van der Waals surface area (Å²) in [6.07, 6.45) is 32.3. The van der Waals surface area contributed by atoms with Crippen molar-refractivity contribution in [3.63, 3.8) is 0 Å². The van der Waals surface area contributed by atoms with Crippen LogP contribution in [0.25, 0.3) is 0 Å². The molecule has 34 heavy (non-hydrogen) atoms. The first-order chi connectivity index (χ1) is 16.1. The van der Waals surface area contributed by atoms with Crippen LogP contribution in [0.15, 0.2) is 0 Å². The van der Waals surface area contributed by atoms with Crippen LogP contribution in [0, 0.1) is 0 Å². The first kappa shape index (κ1) is 34.4. The Balaban J connectivity index is 0.0000109.